The molecule has 0 saturated carbocycles. The van der Waals surface area contributed by atoms with Crippen LogP contribution in [0.4, 0.5) is 18.9 Å². The number of sulfonamides is 1. The molecule has 0 aromatic heterocycles. The van der Waals surface area contributed by atoms with E-state index in [1.165, 1.54) is 12.1 Å². The second-order valence-electron chi connectivity index (χ2n) is 4.58. The number of amides is 1. The van der Waals surface area contributed by atoms with Crippen LogP contribution in [-0.2, 0) is 14.8 Å². The zero-order valence-corrected chi connectivity index (χ0v) is 13.2. The van der Waals surface area contributed by atoms with Crippen LogP contribution < -0.4 is 14.8 Å². The van der Waals surface area contributed by atoms with Crippen molar-refractivity contribution in [1.29, 1.82) is 0 Å². The number of carbonyl (C=O) groups excluding carboxylic acids is 1. The van der Waals surface area contributed by atoms with Gasteiger partial charge in [-0.3, -0.25) is 4.79 Å². The van der Waals surface area contributed by atoms with E-state index in [-0.39, 0.29) is 12.2 Å². The highest BCUT2D eigenvalue weighted by molar-refractivity contribution is 9.10. The number of halogens is 4. The first kappa shape index (κ1) is 17.0. The highest BCUT2D eigenvalue weighted by Gasteiger charge is 2.40. The Morgan fingerprint density at radius 1 is 1.36 bits per heavy atom. The van der Waals surface area contributed by atoms with Crippen LogP contribution in [0.15, 0.2) is 22.7 Å². The number of hydrogen-bond donors (Lipinski definition) is 1. The van der Waals surface area contributed by atoms with Crippen LogP contribution >= 0.6 is 15.9 Å². The van der Waals surface area contributed by atoms with Crippen LogP contribution in [-0.4, -0.2) is 32.5 Å². The zero-order chi connectivity index (χ0) is 16.7. The number of carbonyl (C=O) groups is 1. The van der Waals surface area contributed by atoms with Crippen molar-refractivity contribution >= 4 is 37.5 Å². The molecule has 1 aromatic carbocycles. The Morgan fingerprint density at radius 3 is 2.50 bits per heavy atom. The summed E-state index contributed by atoms with van der Waals surface area (Å²) in [6.45, 7) is -0.331. The molecule has 6 nitrogen and oxygen atoms in total. The fourth-order valence-corrected chi connectivity index (χ4v) is 3.12. The molecule has 1 amide bonds. The quantitative estimate of drug-likeness (QED) is 0.833. The molecule has 1 aliphatic heterocycles. The average molecular weight is 403 g/mol. The first-order valence-electron chi connectivity index (χ1n) is 5.84. The number of benzene rings is 1. The zero-order valence-electron chi connectivity index (χ0n) is 10.8. The van der Waals surface area contributed by atoms with Gasteiger partial charge in [-0.05, 0) is 18.2 Å². The molecule has 2 N–H and O–H groups in total. The van der Waals surface area contributed by atoms with Crippen LogP contribution in [0, 0.1) is 0 Å². The minimum Gasteiger partial charge on any atom is -0.404 e. The first-order valence-corrected chi connectivity index (χ1v) is 8.25. The summed E-state index contributed by atoms with van der Waals surface area (Å²) in [6.07, 6.45) is -5.33. The molecule has 0 radical (unpaired) electrons. The summed E-state index contributed by atoms with van der Waals surface area (Å²) in [5, 5.41) is 3.82. The molecule has 2 rings (SSSR count). The van der Waals surface area contributed by atoms with Crippen LogP contribution in [0.5, 0.6) is 5.75 Å². The summed E-state index contributed by atoms with van der Waals surface area (Å²) >= 11 is 3.08. The Bertz CT molecular complexity index is 708. The fraction of sp³-hybridized carbons (Fsp3) is 0.364. The third-order valence-corrected chi connectivity index (χ3v) is 4.73. The van der Waals surface area contributed by atoms with Gasteiger partial charge in [-0.1, -0.05) is 15.9 Å². The van der Waals surface area contributed by atoms with Gasteiger partial charge in [0, 0.05) is 17.4 Å². The van der Waals surface area contributed by atoms with E-state index >= 15 is 0 Å². The van der Waals surface area contributed by atoms with Crippen molar-refractivity contribution in [2.24, 2.45) is 5.14 Å². The smallest absolute Gasteiger partial charge is 0.404 e. The normalized spacial score (nSPS) is 19.6. The third kappa shape index (κ3) is 3.90. The van der Waals surface area contributed by atoms with Gasteiger partial charge in [0.05, 0.1) is 5.69 Å². The number of ether oxygens (including phenoxy) is 1. The van der Waals surface area contributed by atoms with Crippen molar-refractivity contribution in [3.8, 4) is 5.75 Å². The summed E-state index contributed by atoms with van der Waals surface area (Å²) in [6, 6.07) is 3.58. The van der Waals surface area contributed by atoms with Crippen molar-refractivity contribution in [3.05, 3.63) is 22.7 Å². The molecule has 122 valence electrons. The Hall–Kier alpha value is -1.33. The van der Waals surface area contributed by atoms with Crippen molar-refractivity contribution in [2.45, 2.75) is 18.0 Å². The van der Waals surface area contributed by atoms with Crippen LogP contribution in [0.1, 0.15) is 6.42 Å². The van der Waals surface area contributed by atoms with E-state index in [1.807, 2.05) is 0 Å². The van der Waals surface area contributed by atoms with E-state index in [2.05, 4.69) is 20.7 Å². The molecule has 1 unspecified atom stereocenters. The molecule has 1 saturated heterocycles. The molecule has 0 aliphatic carbocycles. The molecule has 1 atom stereocenters. The largest absolute Gasteiger partial charge is 0.573 e. The lowest BCUT2D eigenvalue weighted by molar-refractivity contribution is -0.274. The fourth-order valence-electron chi connectivity index (χ4n) is 2.04. The van der Waals surface area contributed by atoms with Gasteiger partial charge in [0.1, 0.15) is 5.25 Å². The Morgan fingerprint density at radius 2 is 2.00 bits per heavy atom. The number of rotatable bonds is 3. The van der Waals surface area contributed by atoms with Crippen molar-refractivity contribution in [2.75, 3.05) is 11.4 Å². The highest BCUT2D eigenvalue weighted by atomic mass is 79.9. The van der Waals surface area contributed by atoms with Gasteiger partial charge in [0.2, 0.25) is 15.9 Å². The second-order valence-corrected chi connectivity index (χ2v) is 7.34. The number of hydrogen-bond acceptors (Lipinski definition) is 4. The van der Waals surface area contributed by atoms with E-state index in [1.54, 1.807) is 0 Å². The van der Waals surface area contributed by atoms with Crippen molar-refractivity contribution in [1.82, 2.24) is 0 Å². The summed E-state index contributed by atoms with van der Waals surface area (Å²) in [7, 11) is -3.97. The van der Waals surface area contributed by atoms with E-state index < -0.39 is 39.7 Å². The molecule has 1 fully saturated rings. The molecular formula is C11H10BrF3N2O4S. The summed E-state index contributed by atoms with van der Waals surface area (Å²) < 4.78 is 64.2. The Kier molecular flexibility index (Phi) is 4.42. The Labute approximate surface area is 132 Å². The molecule has 1 heterocycles. The molecule has 1 aliphatic rings. The predicted molar refractivity (Wildman–Crippen MR) is 74.7 cm³/mol. The van der Waals surface area contributed by atoms with E-state index in [4.69, 9.17) is 5.14 Å². The molecule has 0 bridgehead atoms. The van der Waals surface area contributed by atoms with Gasteiger partial charge in [-0.25, -0.2) is 13.6 Å². The maximum absolute atomic E-state index is 12.4. The van der Waals surface area contributed by atoms with Crippen LogP contribution in [0.25, 0.3) is 0 Å². The summed E-state index contributed by atoms with van der Waals surface area (Å²) in [4.78, 5) is 12.8. The van der Waals surface area contributed by atoms with Crippen molar-refractivity contribution < 1.29 is 31.1 Å². The van der Waals surface area contributed by atoms with Crippen LogP contribution in [0.3, 0.4) is 0 Å². The topological polar surface area (TPSA) is 89.7 Å². The standard InChI is InChI=1S/C11H10BrF3N2O4S/c12-6-1-2-9(21-11(13,14)15)8(3-6)17-5-7(4-10(17)18)22(16,19)20/h1-3,7H,4-5H2,(H2,16,19,20). The number of alkyl halides is 3. The van der Waals surface area contributed by atoms with Gasteiger partial charge >= 0.3 is 6.36 Å². The predicted octanol–water partition coefficient (Wildman–Crippen LogP) is 1.74. The lowest BCUT2D eigenvalue weighted by atomic mass is 10.2. The minimum atomic E-state index is -4.94. The lowest BCUT2D eigenvalue weighted by Gasteiger charge is -2.21. The summed E-state index contributed by atoms with van der Waals surface area (Å²) in [5.74, 6) is -1.25. The lowest BCUT2D eigenvalue weighted by Crippen LogP contribution is -2.32. The molecule has 22 heavy (non-hydrogen) atoms. The van der Waals surface area contributed by atoms with Crippen LogP contribution in [0.2, 0.25) is 0 Å². The summed E-state index contributed by atoms with van der Waals surface area (Å²) in [5.41, 5.74) is -0.178. The SMILES string of the molecule is NS(=O)(=O)C1CC(=O)N(c2cc(Br)ccc2OC(F)(F)F)C1. The third-order valence-electron chi connectivity index (χ3n) is 2.99. The minimum absolute atomic E-state index is 0.178. The number of nitrogens with zero attached hydrogens (tertiary/aromatic N) is 1. The molecule has 1 aromatic rings. The number of primary sulfonamides is 1. The van der Waals surface area contributed by atoms with E-state index in [0.717, 1.165) is 11.0 Å². The molecule has 0 spiro atoms. The van der Waals surface area contributed by atoms with E-state index in [0.29, 0.717) is 4.47 Å². The average Bonchev–Trinajstić information content (AvgIpc) is 2.72. The molecular weight excluding hydrogens is 393 g/mol. The van der Waals surface area contributed by atoms with Crippen molar-refractivity contribution in [3.63, 3.8) is 0 Å². The first-order chi connectivity index (χ1) is 9.97. The van der Waals surface area contributed by atoms with Gasteiger partial charge < -0.3 is 9.64 Å². The highest BCUT2D eigenvalue weighted by Crippen LogP contribution is 2.37. The Balaban J connectivity index is 2.40. The van der Waals surface area contributed by atoms with E-state index in [9.17, 15) is 26.4 Å². The maximum Gasteiger partial charge on any atom is 0.573 e. The second kappa shape index (κ2) is 5.70. The number of anilines is 1. The monoisotopic (exact) mass is 402 g/mol. The van der Waals surface area contributed by atoms with Gasteiger partial charge in [0.15, 0.2) is 5.75 Å². The van der Waals surface area contributed by atoms with Gasteiger partial charge in [-0.2, -0.15) is 0 Å². The van der Waals surface area contributed by atoms with Gasteiger partial charge in [0.25, 0.3) is 0 Å². The molecule has 11 heteroatoms. The maximum atomic E-state index is 12.4. The number of nitrogens with two attached hydrogens (primary N) is 1. The van der Waals surface area contributed by atoms with Gasteiger partial charge in [-0.15, -0.1) is 13.2 Å².